The summed E-state index contributed by atoms with van der Waals surface area (Å²) in [4.78, 5) is 88.0. The number of hydrogen-bond donors (Lipinski definition) is 5. The Hall–Kier alpha value is -12.8. The second-order valence-corrected chi connectivity index (χ2v) is 40.9. The quantitative estimate of drug-likeness (QED) is 0.0261. The maximum absolute atomic E-state index is 15.2. The number of sulfone groups is 1. The van der Waals surface area contributed by atoms with Crippen molar-refractivity contribution >= 4 is 144 Å². The lowest BCUT2D eigenvalue weighted by atomic mass is 9.97. The Kier molecular flexibility index (Phi) is 29.4. The van der Waals surface area contributed by atoms with Crippen molar-refractivity contribution in [2.45, 2.75) is 135 Å². The van der Waals surface area contributed by atoms with Crippen molar-refractivity contribution in [1.82, 2.24) is 77.6 Å². The molecule has 704 valence electrons. The molecular weight excluding hydrogens is 1830 g/mol. The van der Waals surface area contributed by atoms with Crippen molar-refractivity contribution in [2.24, 2.45) is 11.8 Å². The number of nitrogens with zero attached hydrogens (tertiary/aromatic N) is 16. The number of thiazole rings is 2. The van der Waals surface area contributed by atoms with E-state index in [0.29, 0.717) is 90.0 Å². The number of fused-ring (bicyclic) bond motifs is 3. The Morgan fingerprint density at radius 2 is 1.26 bits per heavy atom. The Bertz CT molecular complexity index is 7120. The number of hydrogen-bond acceptors (Lipinski definition) is 29. The van der Waals surface area contributed by atoms with Gasteiger partial charge in [-0.25, -0.2) is 41.7 Å². The van der Waals surface area contributed by atoms with E-state index in [2.05, 4.69) is 115 Å². The second-order valence-electron chi connectivity index (χ2n) is 33.8. The highest BCUT2D eigenvalue weighted by Crippen LogP contribution is 2.41. The highest BCUT2D eigenvalue weighted by molar-refractivity contribution is 7.92. The number of halogens is 4. The molecule has 13 heterocycles. The zero-order valence-electron chi connectivity index (χ0n) is 74.9. The Morgan fingerprint density at radius 3 is 1.85 bits per heavy atom. The number of aromatic nitrogens is 13. The fourth-order valence-electron chi connectivity index (χ4n) is 16.3. The predicted molar refractivity (Wildman–Crippen MR) is 519 cm³/mol. The summed E-state index contributed by atoms with van der Waals surface area (Å²) < 4.78 is 138. The molecule has 135 heavy (non-hydrogen) atoms. The zero-order valence-corrected chi connectivity index (χ0v) is 79.0. The maximum Gasteiger partial charge on any atom is 0.400 e. The normalized spacial score (nSPS) is 16.0. The summed E-state index contributed by atoms with van der Waals surface area (Å²) in [6, 6.07) is 38.8. The first-order valence-corrected chi connectivity index (χ1v) is 50.1. The van der Waals surface area contributed by atoms with Crippen molar-refractivity contribution in [2.75, 3.05) is 98.9 Å². The first-order valence-electron chi connectivity index (χ1n) is 44.1. The van der Waals surface area contributed by atoms with Gasteiger partial charge in [0.15, 0.2) is 10.8 Å². The molecule has 0 spiro atoms. The summed E-state index contributed by atoms with van der Waals surface area (Å²) in [5.74, 6) is -0.685. The molecule has 4 fully saturated rings. The number of allylic oxidation sites excluding steroid dienone is 2. The van der Waals surface area contributed by atoms with E-state index in [0.717, 1.165) is 152 Å². The molecule has 4 aliphatic rings. The molecule has 0 amide bonds. The van der Waals surface area contributed by atoms with Gasteiger partial charge in [-0.1, -0.05) is 33.1 Å². The molecule has 3 saturated heterocycles. The molecule has 3 aliphatic heterocycles. The van der Waals surface area contributed by atoms with Gasteiger partial charge >= 0.3 is 6.18 Å². The monoisotopic (exact) mass is 1930 g/mol. The zero-order chi connectivity index (χ0) is 95.0. The average molecular weight is 1930 g/mol. The Balaban J connectivity index is 0.000000147. The number of anilines is 8. The van der Waals surface area contributed by atoms with Gasteiger partial charge in [0.05, 0.1) is 58.0 Å². The molecule has 1 aliphatic carbocycles. The lowest BCUT2D eigenvalue weighted by Crippen LogP contribution is -2.44. The van der Waals surface area contributed by atoms with Crippen LogP contribution in [-0.2, 0) is 50.3 Å². The van der Waals surface area contributed by atoms with Crippen LogP contribution in [0.4, 0.5) is 63.8 Å². The van der Waals surface area contributed by atoms with Gasteiger partial charge in [-0.15, -0.1) is 22.7 Å². The van der Waals surface area contributed by atoms with Crippen LogP contribution in [0.5, 0.6) is 11.5 Å². The summed E-state index contributed by atoms with van der Waals surface area (Å²) in [5.41, 5.74) is 7.50. The van der Waals surface area contributed by atoms with Crippen LogP contribution in [0.1, 0.15) is 99.4 Å². The highest BCUT2D eigenvalue weighted by Gasteiger charge is 2.35. The number of benzene rings is 4. The number of nitrogens with one attached hydrogen (secondary N) is 5. The molecule has 3 unspecified atom stereocenters. The topological polar surface area (TPSA) is 361 Å². The van der Waals surface area contributed by atoms with E-state index >= 15 is 4.39 Å². The molecule has 10 aromatic heterocycles. The number of alkyl halides is 3. The van der Waals surface area contributed by atoms with Gasteiger partial charge in [-0.3, -0.25) is 37.3 Å². The van der Waals surface area contributed by atoms with E-state index in [1.807, 2.05) is 86.6 Å². The first kappa shape index (κ1) is 95.3. The minimum absolute atomic E-state index is 0.0191. The molecule has 3 atom stereocenters. The third-order valence-corrected chi connectivity index (χ3v) is 30.9. The van der Waals surface area contributed by atoms with Gasteiger partial charge in [0, 0.05) is 147 Å². The minimum atomic E-state index is -4.73. The van der Waals surface area contributed by atoms with E-state index < -0.39 is 66.1 Å². The van der Waals surface area contributed by atoms with Gasteiger partial charge in [0.1, 0.15) is 40.4 Å². The van der Waals surface area contributed by atoms with Crippen molar-refractivity contribution in [3.8, 4) is 11.5 Å². The SMILES string of the molecule is C=C(c1cc2cnc(Nc3ccc(N(C)C4CCCNC4)cc3)nc2n(Cc2c(F)cccc2S(=O)CC(F)(F)F)c1=O)C1CC1.C=C(c1cc2cnc(Nc3ccc(OC4CCCN(C)C4)cc3)nc2n(Cc2cccn2S(=O)(=O)c2nccs2)c1=O)C(C)C.CCOc1cc2cnc(Nc3ccc(NC4CCN(C)CC4)cc3)nc2n(Cc2scnc2S(=O)(=O)c2ccncc2)c1=O. The molecule has 1 saturated carbocycles. The van der Waals surface area contributed by atoms with Crippen LogP contribution in [0, 0.1) is 17.7 Å². The number of likely N-dealkylation sites (tertiary alicyclic amines) is 2. The lowest BCUT2D eigenvalue weighted by Gasteiger charge is -2.33. The minimum Gasteiger partial charge on any atom is -0.489 e. The van der Waals surface area contributed by atoms with E-state index in [1.54, 1.807) is 55.0 Å². The largest absolute Gasteiger partial charge is 0.489 e. The first-order chi connectivity index (χ1) is 64.9. The lowest BCUT2D eigenvalue weighted by molar-refractivity contribution is -0.105. The summed E-state index contributed by atoms with van der Waals surface area (Å²) in [6.07, 6.45) is 14.3. The number of likely N-dealkylation sites (N-methyl/N-ethyl adjacent to an activating group) is 2. The fraction of sp³-hybridized carbons (Fsp3) is 0.326. The third kappa shape index (κ3) is 22.6. The maximum atomic E-state index is 15.2. The van der Waals surface area contributed by atoms with Crippen LogP contribution in [-0.4, -0.2) is 191 Å². The summed E-state index contributed by atoms with van der Waals surface area (Å²) in [5, 5.41) is 19.8. The molecule has 0 radical (unpaired) electrons. The van der Waals surface area contributed by atoms with E-state index in [-0.39, 0.29) is 85.3 Å². The standard InChI is InChI=1S/C33H34F4N6O2S.C32H35N7O4S2.C30H32N8O4S2/c1-20(21-8-9-21)26-15-22-16-39-32(40-23-10-12-24(13-11-23)42(2)25-5-4-14-38-17-25)41-30(22)43(31(26)44)18-27-28(34)6-3-7-29(27)46(45)19-33(35,36)37;1-21(2)22(3)28-17-23-18-34-31(35-24-9-11-26(12-10-24)43-27-8-6-14-37(4)20-27)36-29(23)38(30(28)40)19-25-7-5-15-39(25)45(41,42)32-33-13-16-44-32;1-3-42-25-16-20-17-32-30(35-22-6-4-21(5-7-22)34-23-10-14-37(2)15-11-23)36-27(20)38(29(25)39)18-26-28(33-19-43-26)44(40,41)24-8-12-31-13-9-24/h3,6-7,10-13,15-16,21,25,38H,1,4-5,8-9,14,17-19H2,2H3,(H,39,40,41);5,7,9-13,15-18,21,27H,3,6,8,14,19-20H2,1-2,4H3,(H,34,35,36);4-9,12-13,16-17,19,23,34H,3,10-11,14-15,18H2,1-2H3,(H,32,35,36). The van der Waals surface area contributed by atoms with Crippen LogP contribution < -0.4 is 57.6 Å². The highest BCUT2D eigenvalue weighted by atomic mass is 32.2. The number of ether oxygens (including phenoxy) is 2. The average Bonchev–Trinajstić information content (AvgIpc) is 1.60. The Labute approximate surface area is 787 Å². The molecule has 4 aromatic carbocycles. The number of piperidine rings is 3. The molecule has 0 bridgehead atoms. The summed E-state index contributed by atoms with van der Waals surface area (Å²) in [7, 11) is -4.15. The molecular formula is C95H101F4N21O10S5. The smallest absolute Gasteiger partial charge is 0.400 e. The van der Waals surface area contributed by atoms with Crippen LogP contribution in [0.15, 0.2) is 234 Å². The summed E-state index contributed by atoms with van der Waals surface area (Å²) in [6.45, 7) is 19.8. The van der Waals surface area contributed by atoms with Crippen molar-refractivity contribution < 1.29 is 48.1 Å². The van der Waals surface area contributed by atoms with Crippen molar-refractivity contribution in [3.63, 3.8) is 0 Å². The van der Waals surface area contributed by atoms with E-state index in [1.165, 1.54) is 74.5 Å². The van der Waals surface area contributed by atoms with Gasteiger partial charge in [-0.05, 0) is 249 Å². The molecule has 14 aromatic rings. The third-order valence-electron chi connectivity index (χ3n) is 23.8. The van der Waals surface area contributed by atoms with Crippen LogP contribution in [0.25, 0.3) is 44.2 Å². The van der Waals surface area contributed by atoms with Gasteiger partial charge < -0.3 is 50.8 Å². The predicted octanol–water partition coefficient (Wildman–Crippen LogP) is 15.4. The van der Waals surface area contributed by atoms with Gasteiger partial charge in [0.25, 0.3) is 26.7 Å². The van der Waals surface area contributed by atoms with Crippen LogP contribution in [0.3, 0.4) is 0 Å². The molecule has 18 rings (SSSR count). The van der Waals surface area contributed by atoms with Crippen LogP contribution >= 0.6 is 22.7 Å². The Morgan fingerprint density at radius 1 is 0.659 bits per heavy atom. The van der Waals surface area contributed by atoms with Gasteiger partial charge in [-0.2, -0.15) is 36.5 Å². The van der Waals surface area contributed by atoms with Crippen molar-refractivity contribution in [1.29, 1.82) is 0 Å². The van der Waals surface area contributed by atoms with Crippen molar-refractivity contribution in [3.05, 3.63) is 265 Å². The number of rotatable bonds is 30. The van der Waals surface area contributed by atoms with Crippen LogP contribution in [0.2, 0.25) is 0 Å². The molecule has 40 heteroatoms. The van der Waals surface area contributed by atoms with E-state index in [4.69, 9.17) is 14.5 Å². The summed E-state index contributed by atoms with van der Waals surface area (Å²) >= 11 is 2.18. The molecule has 31 nitrogen and oxygen atoms in total. The fourth-order valence-corrected chi connectivity index (χ4v) is 22.2. The van der Waals surface area contributed by atoms with Gasteiger partial charge in [0.2, 0.25) is 32.0 Å². The number of pyridine rings is 4. The molecule has 5 N–H and O–H groups in total. The van der Waals surface area contributed by atoms with E-state index in [9.17, 15) is 48.6 Å². The second kappa shape index (κ2) is 41.6.